The Morgan fingerprint density at radius 2 is 1.96 bits per heavy atom. The summed E-state index contributed by atoms with van der Waals surface area (Å²) in [5.74, 6) is 0.0266. The fourth-order valence-electron chi connectivity index (χ4n) is 2.41. The Morgan fingerprint density at radius 1 is 1.28 bits per heavy atom. The average Bonchev–Trinajstić information content (AvgIpc) is 2.61. The van der Waals surface area contributed by atoms with E-state index in [1.54, 1.807) is 7.11 Å². The zero-order chi connectivity index (χ0) is 18.4. The molecule has 1 unspecified atom stereocenters. The van der Waals surface area contributed by atoms with Gasteiger partial charge in [0, 0.05) is 24.0 Å². The maximum Gasteiger partial charge on any atom is 0.225 e. The van der Waals surface area contributed by atoms with Crippen LogP contribution < -0.4 is 10.1 Å². The molecule has 4 nitrogen and oxygen atoms in total. The lowest BCUT2D eigenvalue weighted by molar-refractivity contribution is -0.116. The molecule has 1 amide bonds. The summed E-state index contributed by atoms with van der Waals surface area (Å²) < 4.78 is 18.9. The maximum atomic E-state index is 13.7. The van der Waals surface area contributed by atoms with Crippen molar-refractivity contribution in [3.8, 4) is 5.75 Å². The summed E-state index contributed by atoms with van der Waals surface area (Å²) in [7, 11) is 3.58. The standard InChI is InChI=1S/C19H22ClFN2O2/c1-13(14-4-7-16(25-3)8-5-14)23(2)11-10-19(24)22-18-9-6-15(20)12-17(18)21/h4-9,12-13H,10-11H2,1-3H3,(H,22,24). The van der Waals surface area contributed by atoms with Gasteiger partial charge in [0.2, 0.25) is 5.91 Å². The number of benzene rings is 2. The number of rotatable bonds is 7. The first-order chi connectivity index (χ1) is 11.9. The maximum absolute atomic E-state index is 13.7. The van der Waals surface area contributed by atoms with Gasteiger partial charge in [-0.3, -0.25) is 9.69 Å². The van der Waals surface area contributed by atoms with Crippen molar-refractivity contribution >= 4 is 23.2 Å². The van der Waals surface area contributed by atoms with Gasteiger partial charge in [-0.15, -0.1) is 0 Å². The van der Waals surface area contributed by atoms with Crippen LogP contribution in [0, 0.1) is 5.82 Å². The minimum atomic E-state index is -0.541. The zero-order valence-electron chi connectivity index (χ0n) is 14.6. The summed E-state index contributed by atoms with van der Waals surface area (Å²) in [6.07, 6.45) is 0.263. The third-order valence-electron chi connectivity index (χ3n) is 4.16. The molecule has 1 atom stereocenters. The smallest absolute Gasteiger partial charge is 0.225 e. The summed E-state index contributed by atoms with van der Waals surface area (Å²) in [5.41, 5.74) is 1.27. The highest BCUT2D eigenvalue weighted by molar-refractivity contribution is 6.30. The summed E-state index contributed by atoms with van der Waals surface area (Å²) in [4.78, 5) is 14.1. The molecule has 0 bridgehead atoms. The van der Waals surface area contributed by atoms with Crippen molar-refractivity contribution in [2.45, 2.75) is 19.4 Å². The SMILES string of the molecule is COc1ccc(C(C)N(C)CCC(=O)Nc2ccc(Cl)cc2F)cc1. The summed E-state index contributed by atoms with van der Waals surface area (Å²) in [6.45, 7) is 2.62. The number of carbonyl (C=O) groups excluding carboxylic acids is 1. The van der Waals surface area contributed by atoms with E-state index in [1.807, 2.05) is 31.3 Å². The van der Waals surface area contributed by atoms with Crippen LogP contribution in [0.25, 0.3) is 0 Å². The number of amides is 1. The summed E-state index contributed by atoms with van der Waals surface area (Å²) >= 11 is 5.70. The number of anilines is 1. The van der Waals surface area contributed by atoms with Crippen LogP contribution in [0.1, 0.15) is 24.9 Å². The Morgan fingerprint density at radius 3 is 2.56 bits per heavy atom. The van der Waals surface area contributed by atoms with E-state index in [0.29, 0.717) is 11.6 Å². The molecule has 0 fully saturated rings. The van der Waals surface area contributed by atoms with E-state index < -0.39 is 5.82 Å². The molecule has 1 N–H and O–H groups in total. The van der Waals surface area contributed by atoms with Crippen LogP contribution in [-0.4, -0.2) is 31.5 Å². The number of halogens is 2. The lowest BCUT2D eigenvalue weighted by atomic mass is 10.1. The molecule has 0 radical (unpaired) electrons. The monoisotopic (exact) mass is 364 g/mol. The Bertz CT molecular complexity index is 722. The lowest BCUT2D eigenvalue weighted by Crippen LogP contribution is -2.27. The van der Waals surface area contributed by atoms with Crippen molar-refractivity contribution in [3.63, 3.8) is 0 Å². The Hall–Kier alpha value is -2.11. The third-order valence-corrected chi connectivity index (χ3v) is 4.39. The van der Waals surface area contributed by atoms with E-state index in [0.717, 1.165) is 11.3 Å². The molecule has 6 heteroatoms. The largest absolute Gasteiger partial charge is 0.497 e. The van der Waals surface area contributed by atoms with Crippen LogP contribution in [0.3, 0.4) is 0 Å². The molecular formula is C19H22ClFN2O2. The second-order valence-electron chi connectivity index (χ2n) is 5.85. The van der Waals surface area contributed by atoms with Crippen molar-refractivity contribution in [2.75, 3.05) is 26.0 Å². The minimum Gasteiger partial charge on any atom is -0.497 e. The first-order valence-electron chi connectivity index (χ1n) is 8.00. The van der Waals surface area contributed by atoms with E-state index in [1.165, 1.54) is 18.2 Å². The molecule has 2 rings (SSSR count). The fraction of sp³-hybridized carbons (Fsp3) is 0.316. The third kappa shape index (κ3) is 5.44. The molecule has 0 saturated heterocycles. The second-order valence-corrected chi connectivity index (χ2v) is 6.29. The number of hydrogen-bond donors (Lipinski definition) is 1. The zero-order valence-corrected chi connectivity index (χ0v) is 15.3. The van der Waals surface area contributed by atoms with Gasteiger partial charge in [0.15, 0.2) is 0 Å². The van der Waals surface area contributed by atoms with Crippen molar-refractivity contribution < 1.29 is 13.9 Å². The number of hydrogen-bond acceptors (Lipinski definition) is 3. The second kappa shape index (κ2) is 8.83. The molecule has 0 aliphatic carbocycles. The van der Waals surface area contributed by atoms with E-state index in [-0.39, 0.29) is 24.1 Å². The number of nitrogens with zero attached hydrogens (tertiary/aromatic N) is 1. The lowest BCUT2D eigenvalue weighted by Gasteiger charge is -2.25. The minimum absolute atomic E-state index is 0.139. The molecule has 0 saturated carbocycles. The highest BCUT2D eigenvalue weighted by Gasteiger charge is 2.14. The first kappa shape index (κ1) is 19.2. The van der Waals surface area contributed by atoms with Gasteiger partial charge in [-0.25, -0.2) is 4.39 Å². The van der Waals surface area contributed by atoms with Crippen molar-refractivity contribution in [1.82, 2.24) is 4.90 Å². The number of nitrogens with one attached hydrogen (secondary N) is 1. The molecule has 0 spiro atoms. The molecule has 0 aliphatic rings. The number of carbonyl (C=O) groups is 1. The van der Waals surface area contributed by atoms with Gasteiger partial charge >= 0.3 is 0 Å². The van der Waals surface area contributed by atoms with Gasteiger partial charge in [-0.2, -0.15) is 0 Å². The Labute approximate surface area is 152 Å². The predicted octanol–water partition coefficient (Wildman–Crippen LogP) is 4.51. The number of methoxy groups -OCH3 is 1. The fourth-order valence-corrected chi connectivity index (χ4v) is 2.57. The molecule has 0 aromatic heterocycles. The normalized spacial score (nSPS) is 12.1. The van der Waals surface area contributed by atoms with Crippen LogP contribution in [0.15, 0.2) is 42.5 Å². The first-order valence-corrected chi connectivity index (χ1v) is 8.37. The van der Waals surface area contributed by atoms with Gasteiger partial charge in [-0.05, 0) is 49.9 Å². The molecule has 0 aliphatic heterocycles. The van der Waals surface area contributed by atoms with Crippen LogP contribution in [0.4, 0.5) is 10.1 Å². The highest BCUT2D eigenvalue weighted by atomic mass is 35.5. The van der Waals surface area contributed by atoms with Gasteiger partial charge in [0.05, 0.1) is 12.8 Å². The highest BCUT2D eigenvalue weighted by Crippen LogP contribution is 2.22. The predicted molar refractivity (Wildman–Crippen MR) is 98.7 cm³/mol. The van der Waals surface area contributed by atoms with Gasteiger partial charge < -0.3 is 10.1 Å². The van der Waals surface area contributed by atoms with Crippen LogP contribution in [0.5, 0.6) is 5.75 Å². The Balaban J connectivity index is 1.87. The van der Waals surface area contributed by atoms with Crippen LogP contribution in [0.2, 0.25) is 5.02 Å². The van der Waals surface area contributed by atoms with Crippen molar-refractivity contribution in [3.05, 3.63) is 58.9 Å². The molecule has 2 aromatic carbocycles. The van der Waals surface area contributed by atoms with Gasteiger partial charge in [0.25, 0.3) is 0 Å². The van der Waals surface area contributed by atoms with E-state index >= 15 is 0 Å². The summed E-state index contributed by atoms with van der Waals surface area (Å²) in [5, 5.41) is 2.87. The van der Waals surface area contributed by atoms with Gasteiger partial charge in [-0.1, -0.05) is 23.7 Å². The molecular weight excluding hydrogens is 343 g/mol. The molecule has 2 aromatic rings. The summed E-state index contributed by atoms with van der Waals surface area (Å²) in [6, 6.07) is 12.1. The topological polar surface area (TPSA) is 41.6 Å². The molecule has 0 heterocycles. The quantitative estimate of drug-likeness (QED) is 0.786. The molecule has 25 heavy (non-hydrogen) atoms. The van der Waals surface area contributed by atoms with E-state index in [2.05, 4.69) is 17.1 Å². The van der Waals surface area contributed by atoms with Crippen LogP contribution >= 0.6 is 11.6 Å². The van der Waals surface area contributed by atoms with Gasteiger partial charge in [0.1, 0.15) is 11.6 Å². The Kier molecular flexibility index (Phi) is 6.79. The molecule has 134 valence electrons. The van der Waals surface area contributed by atoms with E-state index in [4.69, 9.17) is 16.3 Å². The number of ether oxygens (including phenoxy) is 1. The average molecular weight is 365 g/mol. The van der Waals surface area contributed by atoms with E-state index in [9.17, 15) is 9.18 Å². The van der Waals surface area contributed by atoms with Crippen molar-refractivity contribution in [1.29, 1.82) is 0 Å². The van der Waals surface area contributed by atoms with Crippen molar-refractivity contribution in [2.24, 2.45) is 0 Å². The van der Waals surface area contributed by atoms with Crippen LogP contribution in [-0.2, 0) is 4.79 Å².